The number of carbonyl (C=O) groups is 1. The molecule has 0 aliphatic carbocycles. The lowest BCUT2D eigenvalue weighted by atomic mass is 10.5. The number of rotatable bonds is 1. The van der Waals surface area contributed by atoms with Crippen LogP contribution >= 0.6 is 15.9 Å². The summed E-state index contributed by atoms with van der Waals surface area (Å²) in [4.78, 5) is 18.1. The second-order valence-corrected chi connectivity index (χ2v) is 3.20. The molecular formula is C7H3BrN3O2-. The van der Waals surface area contributed by atoms with Gasteiger partial charge < -0.3 is 14.3 Å². The summed E-state index contributed by atoms with van der Waals surface area (Å²) < 4.78 is 2.17. The summed E-state index contributed by atoms with van der Waals surface area (Å²) >= 11 is 3.16. The van der Waals surface area contributed by atoms with E-state index < -0.39 is 5.97 Å². The first-order valence-corrected chi connectivity index (χ1v) is 4.18. The van der Waals surface area contributed by atoms with Crippen LogP contribution in [0.5, 0.6) is 0 Å². The minimum absolute atomic E-state index is 0.0973. The zero-order valence-corrected chi connectivity index (χ0v) is 7.85. The average molecular weight is 241 g/mol. The van der Waals surface area contributed by atoms with E-state index in [9.17, 15) is 9.90 Å². The Morgan fingerprint density at radius 3 is 3.00 bits per heavy atom. The van der Waals surface area contributed by atoms with E-state index in [1.54, 1.807) is 10.6 Å². The first-order chi connectivity index (χ1) is 6.16. The van der Waals surface area contributed by atoms with E-state index in [1.807, 2.05) is 0 Å². The number of imidazole rings is 1. The number of carboxylic acids is 1. The molecule has 0 fully saturated rings. The van der Waals surface area contributed by atoms with Gasteiger partial charge in [-0.3, -0.25) is 0 Å². The van der Waals surface area contributed by atoms with E-state index in [0.29, 0.717) is 10.3 Å². The molecule has 2 aromatic heterocycles. The van der Waals surface area contributed by atoms with Gasteiger partial charge in [-0.25, -0.2) is 9.97 Å². The second-order valence-electron chi connectivity index (χ2n) is 2.39. The van der Waals surface area contributed by atoms with Crippen LogP contribution in [-0.2, 0) is 0 Å². The van der Waals surface area contributed by atoms with E-state index >= 15 is 0 Å². The van der Waals surface area contributed by atoms with Crippen LogP contribution in [0, 0.1) is 0 Å². The molecule has 0 N–H and O–H groups in total. The summed E-state index contributed by atoms with van der Waals surface area (Å²) in [6.45, 7) is 0. The van der Waals surface area contributed by atoms with Crippen LogP contribution in [0.25, 0.3) is 5.65 Å². The fraction of sp³-hybridized carbons (Fsp3) is 0. The van der Waals surface area contributed by atoms with Gasteiger partial charge in [-0.05, 0) is 15.9 Å². The van der Waals surface area contributed by atoms with E-state index in [0.717, 1.165) is 0 Å². The van der Waals surface area contributed by atoms with E-state index in [2.05, 4.69) is 25.9 Å². The standard InChI is InChI=1S/C7H4BrN3O2/c8-5-3-11-2-4(7(12)13)10-6(11)1-9-5/h1-3H,(H,12,13)/p-1. The molecule has 0 saturated carbocycles. The third-order valence-corrected chi connectivity index (χ3v) is 1.93. The van der Waals surface area contributed by atoms with Crippen molar-refractivity contribution in [1.29, 1.82) is 0 Å². The SMILES string of the molecule is O=C([O-])c1cn2cc(Br)ncc2n1. The fourth-order valence-corrected chi connectivity index (χ4v) is 1.30. The van der Waals surface area contributed by atoms with Crippen LogP contribution in [0.2, 0.25) is 0 Å². The molecule has 2 heterocycles. The maximum Gasteiger partial charge on any atom is 0.156 e. The minimum atomic E-state index is -1.29. The van der Waals surface area contributed by atoms with Crippen molar-refractivity contribution in [2.45, 2.75) is 0 Å². The summed E-state index contributed by atoms with van der Waals surface area (Å²) in [7, 11) is 0. The van der Waals surface area contributed by atoms with Crippen molar-refractivity contribution in [2.75, 3.05) is 0 Å². The molecule has 0 aliphatic rings. The highest BCUT2D eigenvalue weighted by Gasteiger charge is 2.02. The van der Waals surface area contributed by atoms with Gasteiger partial charge in [-0.2, -0.15) is 0 Å². The quantitative estimate of drug-likeness (QED) is 0.696. The Labute approximate surface area is 81.2 Å². The Morgan fingerprint density at radius 1 is 1.54 bits per heavy atom. The lowest BCUT2D eigenvalue weighted by molar-refractivity contribution is -0.255. The summed E-state index contributed by atoms with van der Waals surface area (Å²) in [6, 6.07) is 0. The van der Waals surface area contributed by atoms with Crippen LogP contribution in [0.15, 0.2) is 23.2 Å². The van der Waals surface area contributed by atoms with Gasteiger partial charge in [0.2, 0.25) is 0 Å². The van der Waals surface area contributed by atoms with Gasteiger partial charge in [0.15, 0.2) is 5.65 Å². The fourth-order valence-electron chi connectivity index (χ4n) is 0.973. The molecule has 66 valence electrons. The first kappa shape index (κ1) is 8.18. The Balaban J connectivity index is 2.68. The molecular weight excluding hydrogens is 238 g/mol. The third kappa shape index (κ3) is 1.40. The lowest BCUT2D eigenvalue weighted by Crippen LogP contribution is -2.22. The zero-order chi connectivity index (χ0) is 9.42. The molecule has 5 nitrogen and oxygen atoms in total. The van der Waals surface area contributed by atoms with Gasteiger partial charge in [0.25, 0.3) is 0 Å². The van der Waals surface area contributed by atoms with Gasteiger partial charge >= 0.3 is 0 Å². The van der Waals surface area contributed by atoms with Crippen LogP contribution < -0.4 is 5.11 Å². The highest BCUT2D eigenvalue weighted by atomic mass is 79.9. The van der Waals surface area contributed by atoms with Crippen LogP contribution in [0.4, 0.5) is 0 Å². The Kier molecular flexibility index (Phi) is 1.77. The summed E-state index contributed by atoms with van der Waals surface area (Å²) in [5.41, 5.74) is 0.377. The predicted molar refractivity (Wildman–Crippen MR) is 45.0 cm³/mol. The van der Waals surface area contributed by atoms with Crippen molar-refractivity contribution < 1.29 is 9.90 Å². The van der Waals surface area contributed by atoms with E-state index in [1.165, 1.54) is 12.4 Å². The Bertz CT molecular complexity index is 480. The molecule has 0 amide bonds. The highest BCUT2D eigenvalue weighted by molar-refractivity contribution is 9.10. The molecule has 0 aliphatic heterocycles. The number of halogens is 1. The number of aromatic nitrogens is 3. The number of carbonyl (C=O) groups excluding carboxylic acids is 1. The smallest absolute Gasteiger partial charge is 0.156 e. The second kappa shape index (κ2) is 2.81. The average Bonchev–Trinajstić information content (AvgIpc) is 2.46. The van der Waals surface area contributed by atoms with Crippen LogP contribution in [0.3, 0.4) is 0 Å². The van der Waals surface area contributed by atoms with Crippen molar-refractivity contribution in [2.24, 2.45) is 0 Å². The summed E-state index contributed by atoms with van der Waals surface area (Å²) in [6.07, 6.45) is 4.46. The van der Waals surface area contributed by atoms with Crippen molar-refractivity contribution >= 4 is 27.5 Å². The third-order valence-electron chi connectivity index (χ3n) is 1.52. The predicted octanol–water partition coefficient (Wildman–Crippen LogP) is -0.145. The van der Waals surface area contributed by atoms with Crippen LogP contribution in [0.1, 0.15) is 10.5 Å². The van der Waals surface area contributed by atoms with Crippen molar-refractivity contribution in [1.82, 2.24) is 14.4 Å². The molecule has 0 atom stereocenters. The number of nitrogens with zero attached hydrogens (tertiary/aromatic N) is 3. The zero-order valence-electron chi connectivity index (χ0n) is 6.27. The normalized spacial score (nSPS) is 10.5. The Morgan fingerprint density at radius 2 is 2.31 bits per heavy atom. The first-order valence-electron chi connectivity index (χ1n) is 3.38. The molecule has 0 radical (unpaired) electrons. The number of fused-ring (bicyclic) bond motifs is 1. The van der Waals surface area contributed by atoms with Gasteiger partial charge in [0.1, 0.15) is 10.3 Å². The van der Waals surface area contributed by atoms with Gasteiger partial charge in [-0.15, -0.1) is 0 Å². The largest absolute Gasteiger partial charge is 0.543 e. The topological polar surface area (TPSA) is 70.3 Å². The molecule has 0 bridgehead atoms. The lowest BCUT2D eigenvalue weighted by Gasteiger charge is -1.91. The summed E-state index contributed by atoms with van der Waals surface area (Å²) in [5, 5.41) is 10.4. The maximum absolute atomic E-state index is 10.4. The van der Waals surface area contributed by atoms with Crippen molar-refractivity contribution in [3.63, 3.8) is 0 Å². The molecule has 13 heavy (non-hydrogen) atoms. The number of hydrogen-bond acceptors (Lipinski definition) is 4. The van der Waals surface area contributed by atoms with Gasteiger partial charge in [0, 0.05) is 12.4 Å². The van der Waals surface area contributed by atoms with Gasteiger partial charge in [0.05, 0.1) is 12.2 Å². The molecule has 0 unspecified atom stereocenters. The highest BCUT2D eigenvalue weighted by Crippen LogP contribution is 2.08. The molecule has 6 heteroatoms. The van der Waals surface area contributed by atoms with E-state index in [4.69, 9.17) is 0 Å². The minimum Gasteiger partial charge on any atom is -0.543 e. The monoisotopic (exact) mass is 240 g/mol. The molecule has 2 aromatic rings. The summed E-state index contributed by atoms with van der Waals surface area (Å²) in [5.74, 6) is -1.29. The molecule has 2 rings (SSSR count). The number of hydrogen-bond donors (Lipinski definition) is 0. The number of carboxylic acid groups (broad SMARTS) is 1. The number of aromatic carboxylic acids is 1. The van der Waals surface area contributed by atoms with E-state index in [-0.39, 0.29) is 5.69 Å². The maximum atomic E-state index is 10.4. The Hall–Kier alpha value is -1.43. The van der Waals surface area contributed by atoms with Crippen molar-refractivity contribution in [3.8, 4) is 0 Å². The molecule has 0 spiro atoms. The molecule has 0 saturated heterocycles. The molecule has 0 aromatic carbocycles. The van der Waals surface area contributed by atoms with Gasteiger partial charge in [-0.1, -0.05) is 0 Å². The van der Waals surface area contributed by atoms with Crippen LogP contribution in [-0.4, -0.2) is 20.3 Å². The van der Waals surface area contributed by atoms with Crippen molar-refractivity contribution in [3.05, 3.63) is 28.9 Å².